The van der Waals surface area contributed by atoms with Gasteiger partial charge in [-0.2, -0.15) is 5.26 Å². The lowest BCUT2D eigenvalue weighted by Gasteiger charge is -2.22. The Morgan fingerprint density at radius 3 is 2.42 bits per heavy atom. The molecule has 26 heavy (non-hydrogen) atoms. The highest BCUT2D eigenvalue weighted by atomic mass is 16.2. The molecule has 1 fully saturated rings. The van der Waals surface area contributed by atoms with E-state index >= 15 is 0 Å². The van der Waals surface area contributed by atoms with Crippen LogP contribution >= 0.6 is 0 Å². The third kappa shape index (κ3) is 2.84. The molecule has 0 spiro atoms. The Bertz CT molecular complexity index is 944. The lowest BCUT2D eigenvalue weighted by Crippen LogP contribution is -2.41. The fourth-order valence-corrected chi connectivity index (χ4v) is 3.03. The number of carbonyl (C=O) groups excluding carboxylic acids is 3. The molecule has 0 unspecified atom stereocenters. The van der Waals surface area contributed by atoms with Gasteiger partial charge in [0, 0.05) is 5.56 Å². The van der Waals surface area contributed by atoms with Crippen LogP contribution in [0.5, 0.6) is 0 Å². The van der Waals surface area contributed by atoms with Crippen LogP contribution < -0.4 is 5.32 Å². The van der Waals surface area contributed by atoms with Gasteiger partial charge in [-0.3, -0.25) is 14.5 Å². The van der Waals surface area contributed by atoms with Crippen molar-refractivity contribution in [3.05, 3.63) is 70.8 Å². The van der Waals surface area contributed by atoms with Crippen LogP contribution in [0.4, 0.5) is 4.79 Å². The maximum atomic E-state index is 12.9. The Balaban J connectivity index is 1.85. The fraction of sp³-hybridized carbons (Fsp3) is 0.200. The molecule has 1 aliphatic rings. The number of nitriles is 1. The number of carbonyl (C=O) groups is 3. The zero-order valence-corrected chi connectivity index (χ0v) is 14.4. The number of hydrogen-bond acceptors (Lipinski definition) is 4. The second-order valence-corrected chi connectivity index (χ2v) is 6.37. The van der Waals surface area contributed by atoms with Crippen molar-refractivity contribution in [3.8, 4) is 6.07 Å². The number of Topliss-reactive ketones (excluding diaryl/α,β-unsaturated/α-hetero) is 1. The van der Waals surface area contributed by atoms with Crippen LogP contribution in [-0.4, -0.2) is 29.2 Å². The molecule has 130 valence electrons. The van der Waals surface area contributed by atoms with Crippen LogP contribution in [0.2, 0.25) is 0 Å². The summed E-state index contributed by atoms with van der Waals surface area (Å²) < 4.78 is 0. The highest BCUT2D eigenvalue weighted by molar-refractivity contribution is 6.11. The molecule has 2 aromatic carbocycles. The van der Waals surface area contributed by atoms with Crippen LogP contribution in [0.3, 0.4) is 0 Å². The van der Waals surface area contributed by atoms with Crippen molar-refractivity contribution in [3.63, 3.8) is 0 Å². The Morgan fingerprint density at radius 2 is 1.81 bits per heavy atom. The SMILES string of the molecule is Cc1ccccc1C(=O)CN1C(=O)N[C@](C)(c2ccc(C#N)cc2)C1=O. The van der Waals surface area contributed by atoms with Gasteiger partial charge < -0.3 is 5.32 Å². The van der Waals surface area contributed by atoms with Gasteiger partial charge in [-0.05, 0) is 37.1 Å². The first kappa shape index (κ1) is 17.4. The standard InChI is InChI=1S/C20H17N3O3/c1-13-5-3-4-6-16(13)17(24)12-23-18(25)20(2,22-19(23)26)15-9-7-14(11-21)8-10-15/h3-10H,12H2,1-2H3,(H,22,26)/t20-/m1/s1. The summed E-state index contributed by atoms with van der Waals surface area (Å²) in [5.74, 6) is -0.787. The molecule has 0 saturated carbocycles. The highest BCUT2D eigenvalue weighted by Crippen LogP contribution is 2.29. The Hall–Kier alpha value is -3.46. The van der Waals surface area contributed by atoms with Gasteiger partial charge in [-0.1, -0.05) is 36.4 Å². The molecule has 3 amide bonds. The zero-order chi connectivity index (χ0) is 18.9. The summed E-state index contributed by atoms with van der Waals surface area (Å²) in [5.41, 5.74) is 1.03. The lowest BCUT2D eigenvalue weighted by atomic mass is 9.91. The second kappa shape index (κ2) is 6.45. The smallest absolute Gasteiger partial charge is 0.319 e. The molecule has 1 saturated heterocycles. The molecule has 0 bridgehead atoms. The third-order valence-electron chi connectivity index (χ3n) is 4.61. The van der Waals surface area contributed by atoms with Crippen LogP contribution in [-0.2, 0) is 10.3 Å². The summed E-state index contributed by atoms with van der Waals surface area (Å²) in [6, 6.07) is 14.9. The van der Waals surface area contributed by atoms with Gasteiger partial charge in [0.25, 0.3) is 5.91 Å². The number of nitrogens with one attached hydrogen (secondary N) is 1. The molecule has 3 rings (SSSR count). The largest absolute Gasteiger partial charge is 0.325 e. The number of hydrogen-bond donors (Lipinski definition) is 1. The first-order valence-corrected chi connectivity index (χ1v) is 8.10. The summed E-state index contributed by atoms with van der Waals surface area (Å²) in [6.07, 6.45) is 0. The van der Waals surface area contributed by atoms with Gasteiger partial charge in [-0.15, -0.1) is 0 Å². The normalized spacial score (nSPS) is 19.2. The zero-order valence-electron chi connectivity index (χ0n) is 14.4. The minimum absolute atomic E-state index is 0.296. The molecule has 0 aliphatic carbocycles. The summed E-state index contributed by atoms with van der Waals surface area (Å²) in [6.45, 7) is 3.08. The maximum Gasteiger partial charge on any atom is 0.325 e. The number of amides is 3. The first-order chi connectivity index (χ1) is 12.4. The molecule has 1 atom stereocenters. The van der Waals surface area contributed by atoms with Crippen molar-refractivity contribution in [1.82, 2.24) is 10.2 Å². The number of benzene rings is 2. The van der Waals surface area contributed by atoms with E-state index < -0.39 is 17.5 Å². The van der Waals surface area contributed by atoms with Gasteiger partial charge in [0.1, 0.15) is 5.54 Å². The van der Waals surface area contributed by atoms with E-state index in [1.54, 1.807) is 56.3 Å². The quantitative estimate of drug-likeness (QED) is 0.680. The van der Waals surface area contributed by atoms with Crippen molar-refractivity contribution in [2.75, 3.05) is 6.54 Å². The number of rotatable bonds is 4. The van der Waals surface area contributed by atoms with E-state index in [1.165, 1.54) is 0 Å². The average Bonchev–Trinajstić information content (AvgIpc) is 2.86. The van der Waals surface area contributed by atoms with Crippen molar-refractivity contribution < 1.29 is 14.4 Å². The van der Waals surface area contributed by atoms with Gasteiger partial charge in [0.2, 0.25) is 0 Å². The monoisotopic (exact) mass is 347 g/mol. The minimum Gasteiger partial charge on any atom is -0.319 e. The van der Waals surface area contributed by atoms with Gasteiger partial charge >= 0.3 is 6.03 Å². The topological polar surface area (TPSA) is 90.3 Å². The molecule has 0 aromatic heterocycles. The minimum atomic E-state index is -1.27. The molecule has 2 aromatic rings. The van der Waals surface area contributed by atoms with Crippen LogP contribution in [0.1, 0.15) is 34.0 Å². The molecule has 6 heteroatoms. The number of aryl methyl sites for hydroxylation is 1. The lowest BCUT2D eigenvalue weighted by molar-refractivity contribution is -0.130. The van der Waals surface area contributed by atoms with Crippen molar-refractivity contribution in [2.24, 2.45) is 0 Å². The Labute approximate surface area is 151 Å². The van der Waals surface area contributed by atoms with Crippen LogP contribution in [0, 0.1) is 18.3 Å². The molecule has 1 aliphatic heterocycles. The number of urea groups is 1. The molecule has 6 nitrogen and oxygen atoms in total. The van der Waals surface area contributed by atoms with E-state index in [0.29, 0.717) is 16.7 Å². The van der Waals surface area contributed by atoms with Crippen molar-refractivity contribution >= 4 is 17.7 Å². The molecular formula is C20H17N3O3. The van der Waals surface area contributed by atoms with E-state index in [4.69, 9.17) is 5.26 Å². The van der Waals surface area contributed by atoms with Crippen LogP contribution in [0.15, 0.2) is 48.5 Å². The van der Waals surface area contributed by atoms with E-state index in [0.717, 1.165) is 10.5 Å². The van der Waals surface area contributed by atoms with Crippen molar-refractivity contribution in [1.29, 1.82) is 5.26 Å². The summed E-state index contributed by atoms with van der Waals surface area (Å²) in [7, 11) is 0. The van der Waals surface area contributed by atoms with E-state index in [2.05, 4.69) is 5.32 Å². The van der Waals surface area contributed by atoms with E-state index in [1.807, 2.05) is 12.1 Å². The van der Waals surface area contributed by atoms with E-state index in [9.17, 15) is 14.4 Å². The van der Waals surface area contributed by atoms with Crippen molar-refractivity contribution in [2.45, 2.75) is 19.4 Å². The number of ketones is 1. The van der Waals surface area contributed by atoms with Gasteiger partial charge in [0.05, 0.1) is 18.2 Å². The fourth-order valence-electron chi connectivity index (χ4n) is 3.03. The number of imide groups is 1. The average molecular weight is 347 g/mol. The number of nitrogens with zero attached hydrogens (tertiary/aromatic N) is 2. The third-order valence-corrected chi connectivity index (χ3v) is 4.61. The summed E-state index contributed by atoms with van der Waals surface area (Å²) in [4.78, 5) is 38.7. The second-order valence-electron chi connectivity index (χ2n) is 6.37. The molecule has 1 heterocycles. The van der Waals surface area contributed by atoms with Gasteiger partial charge in [-0.25, -0.2) is 4.79 Å². The molecule has 1 N–H and O–H groups in total. The first-order valence-electron chi connectivity index (χ1n) is 8.10. The van der Waals surface area contributed by atoms with Gasteiger partial charge in [0.15, 0.2) is 5.78 Å². The summed E-state index contributed by atoms with van der Waals surface area (Å²) in [5, 5.41) is 11.5. The predicted molar refractivity (Wildman–Crippen MR) is 94.3 cm³/mol. The molecular weight excluding hydrogens is 330 g/mol. The van der Waals surface area contributed by atoms with Crippen LogP contribution in [0.25, 0.3) is 0 Å². The Morgan fingerprint density at radius 1 is 1.15 bits per heavy atom. The highest BCUT2D eigenvalue weighted by Gasteiger charge is 2.49. The molecule has 0 radical (unpaired) electrons. The van der Waals surface area contributed by atoms with E-state index in [-0.39, 0.29) is 12.3 Å². The predicted octanol–water partition coefficient (Wildman–Crippen LogP) is 2.52. The maximum absolute atomic E-state index is 12.9. The Kier molecular flexibility index (Phi) is 4.31. The summed E-state index contributed by atoms with van der Waals surface area (Å²) >= 11 is 0.